The first-order valence-corrected chi connectivity index (χ1v) is 5.28. The van der Waals surface area contributed by atoms with Crippen molar-refractivity contribution in [3.8, 4) is 0 Å². The predicted octanol–water partition coefficient (Wildman–Crippen LogP) is 2.68. The van der Waals surface area contributed by atoms with Gasteiger partial charge in [-0.05, 0) is 17.7 Å². The Morgan fingerprint density at radius 2 is 1.92 bits per heavy atom. The fourth-order valence-corrected chi connectivity index (χ4v) is 1.53. The van der Waals surface area contributed by atoms with Gasteiger partial charge in [-0.3, -0.25) is 0 Å². The lowest BCUT2D eigenvalue weighted by molar-refractivity contribution is 0.420. The summed E-state index contributed by atoms with van der Waals surface area (Å²) in [6.45, 7) is 2.26. The monoisotopic (exact) mass is 237 g/mol. The van der Waals surface area contributed by atoms with Crippen LogP contribution in [0.25, 0.3) is 6.08 Å². The Morgan fingerprint density at radius 3 is 2.46 bits per heavy atom. The van der Waals surface area contributed by atoms with Crippen molar-refractivity contribution in [2.75, 3.05) is 13.1 Å². The van der Waals surface area contributed by atoms with E-state index in [0.717, 1.165) is 23.5 Å². The van der Waals surface area contributed by atoms with E-state index in [9.17, 15) is 0 Å². The Morgan fingerprint density at radius 1 is 1.23 bits per heavy atom. The number of halogens is 1. The molecule has 1 aliphatic rings. The van der Waals surface area contributed by atoms with Gasteiger partial charge in [0.25, 0.3) is 0 Å². The van der Waals surface area contributed by atoms with E-state index in [-0.39, 0.29) is 0 Å². The van der Waals surface area contributed by atoms with Crippen LogP contribution in [0.1, 0.15) is 5.56 Å². The molecule has 1 saturated heterocycles. The molecule has 0 aliphatic carbocycles. The molecule has 1 fully saturated rings. The van der Waals surface area contributed by atoms with Crippen LogP contribution in [-0.4, -0.2) is 13.1 Å². The third-order valence-electron chi connectivity index (χ3n) is 2.24. The van der Waals surface area contributed by atoms with Gasteiger partial charge in [-0.2, -0.15) is 0 Å². The zero-order valence-electron chi connectivity index (χ0n) is 7.33. The van der Waals surface area contributed by atoms with Crippen LogP contribution < -0.4 is 5.32 Å². The van der Waals surface area contributed by atoms with Gasteiger partial charge in [-0.1, -0.05) is 40.2 Å². The van der Waals surface area contributed by atoms with Crippen molar-refractivity contribution in [2.24, 2.45) is 5.92 Å². The highest BCUT2D eigenvalue weighted by molar-refractivity contribution is 9.10. The van der Waals surface area contributed by atoms with E-state index in [2.05, 4.69) is 57.7 Å². The minimum Gasteiger partial charge on any atom is -0.315 e. The Hall–Kier alpha value is -0.600. The zero-order chi connectivity index (χ0) is 9.10. The summed E-state index contributed by atoms with van der Waals surface area (Å²) in [6, 6.07) is 8.37. The van der Waals surface area contributed by atoms with E-state index in [4.69, 9.17) is 0 Å². The second-order valence-corrected chi connectivity index (χ2v) is 4.24. The van der Waals surface area contributed by atoms with Crippen LogP contribution in [0.15, 0.2) is 34.8 Å². The van der Waals surface area contributed by atoms with Gasteiger partial charge in [0.05, 0.1) is 0 Å². The van der Waals surface area contributed by atoms with Crippen LogP contribution in [0.5, 0.6) is 0 Å². The molecule has 1 aromatic rings. The molecular weight excluding hydrogens is 226 g/mol. The SMILES string of the molecule is Brc1ccc(/C=C/C2CNC2)cc1. The van der Waals surface area contributed by atoms with Crippen LogP contribution >= 0.6 is 15.9 Å². The van der Waals surface area contributed by atoms with E-state index >= 15 is 0 Å². The molecule has 0 radical (unpaired) electrons. The molecule has 13 heavy (non-hydrogen) atoms. The maximum atomic E-state index is 3.42. The summed E-state index contributed by atoms with van der Waals surface area (Å²) in [5.74, 6) is 0.739. The molecule has 2 heteroatoms. The Balaban J connectivity index is 2.00. The largest absolute Gasteiger partial charge is 0.315 e. The average molecular weight is 238 g/mol. The molecule has 2 rings (SSSR count). The summed E-state index contributed by atoms with van der Waals surface area (Å²) in [6.07, 6.45) is 4.47. The summed E-state index contributed by atoms with van der Waals surface area (Å²) >= 11 is 3.42. The first kappa shape index (κ1) is 8.97. The van der Waals surface area contributed by atoms with Crippen molar-refractivity contribution >= 4 is 22.0 Å². The Labute approximate surface area is 87.0 Å². The van der Waals surface area contributed by atoms with Crippen LogP contribution in [0.4, 0.5) is 0 Å². The molecule has 1 nitrogen and oxygen atoms in total. The molecule has 1 N–H and O–H groups in total. The Kier molecular flexibility index (Phi) is 2.81. The van der Waals surface area contributed by atoms with Gasteiger partial charge in [0, 0.05) is 23.5 Å². The van der Waals surface area contributed by atoms with Gasteiger partial charge in [0.15, 0.2) is 0 Å². The smallest absolute Gasteiger partial charge is 0.0175 e. The highest BCUT2D eigenvalue weighted by Gasteiger charge is 2.11. The number of nitrogens with one attached hydrogen (secondary N) is 1. The average Bonchev–Trinajstić information content (AvgIpc) is 2.05. The lowest BCUT2D eigenvalue weighted by Crippen LogP contribution is -2.40. The third-order valence-corrected chi connectivity index (χ3v) is 2.77. The summed E-state index contributed by atoms with van der Waals surface area (Å²) in [4.78, 5) is 0. The van der Waals surface area contributed by atoms with Crippen LogP contribution in [0.3, 0.4) is 0 Å². The summed E-state index contributed by atoms with van der Waals surface area (Å²) in [5, 5.41) is 3.25. The molecule has 1 aliphatic heterocycles. The third kappa shape index (κ3) is 2.42. The van der Waals surface area contributed by atoms with Gasteiger partial charge in [-0.25, -0.2) is 0 Å². The minimum absolute atomic E-state index is 0.739. The molecule has 0 atom stereocenters. The van der Waals surface area contributed by atoms with E-state index in [0.29, 0.717) is 0 Å². The molecule has 0 bridgehead atoms. The van der Waals surface area contributed by atoms with Crippen molar-refractivity contribution < 1.29 is 0 Å². The molecule has 1 heterocycles. The molecule has 1 aromatic carbocycles. The first-order chi connectivity index (χ1) is 6.34. The second-order valence-electron chi connectivity index (χ2n) is 3.33. The van der Waals surface area contributed by atoms with Crippen molar-refractivity contribution in [3.05, 3.63) is 40.4 Å². The zero-order valence-corrected chi connectivity index (χ0v) is 8.92. The molecular formula is C11H12BrN. The first-order valence-electron chi connectivity index (χ1n) is 4.49. The van der Waals surface area contributed by atoms with Crippen molar-refractivity contribution in [3.63, 3.8) is 0 Å². The van der Waals surface area contributed by atoms with Gasteiger partial charge in [0.1, 0.15) is 0 Å². The molecule has 0 aromatic heterocycles. The number of hydrogen-bond donors (Lipinski definition) is 1. The van der Waals surface area contributed by atoms with Crippen molar-refractivity contribution in [1.29, 1.82) is 0 Å². The second kappa shape index (κ2) is 4.07. The summed E-state index contributed by atoms with van der Waals surface area (Å²) < 4.78 is 1.13. The lowest BCUT2D eigenvalue weighted by atomic mass is 10.0. The molecule has 0 unspecified atom stereocenters. The highest BCUT2D eigenvalue weighted by atomic mass is 79.9. The molecule has 0 amide bonds. The number of benzene rings is 1. The normalized spacial score (nSPS) is 17.6. The van der Waals surface area contributed by atoms with E-state index in [1.54, 1.807) is 0 Å². The molecule has 68 valence electrons. The quantitative estimate of drug-likeness (QED) is 0.835. The van der Waals surface area contributed by atoms with Gasteiger partial charge in [-0.15, -0.1) is 0 Å². The lowest BCUT2D eigenvalue weighted by Gasteiger charge is -2.23. The predicted molar refractivity (Wildman–Crippen MR) is 59.5 cm³/mol. The topological polar surface area (TPSA) is 12.0 Å². The van der Waals surface area contributed by atoms with Crippen molar-refractivity contribution in [2.45, 2.75) is 0 Å². The van der Waals surface area contributed by atoms with Gasteiger partial charge < -0.3 is 5.32 Å². The molecule has 0 saturated carbocycles. The number of rotatable bonds is 2. The standard InChI is InChI=1S/C11H12BrN/c12-11-5-3-9(4-6-11)1-2-10-7-13-8-10/h1-6,10,13H,7-8H2/b2-1+. The maximum Gasteiger partial charge on any atom is 0.0175 e. The fraction of sp³-hybridized carbons (Fsp3) is 0.273. The summed E-state index contributed by atoms with van der Waals surface area (Å²) in [7, 11) is 0. The highest BCUT2D eigenvalue weighted by Crippen LogP contribution is 2.13. The van der Waals surface area contributed by atoms with E-state index in [1.165, 1.54) is 5.56 Å². The molecule has 0 spiro atoms. The van der Waals surface area contributed by atoms with E-state index < -0.39 is 0 Å². The van der Waals surface area contributed by atoms with Crippen molar-refractivity contribution in [1.82, 2.24) is 5.32 Å². The van der Waals surface area contributed by atoms with Gasteiger partial charge in [0.2, 0.25) is 0 Å². The number of hydrogen-bond acceptors (Lipinski definition) is 1. The van der Waals surface area contributed by atoms with Crippen LogP contribution in [0, 0.1) is 5.92 Å². The minimum atomic E-state index is 0.739. The fourth-order valence-electron chi connectivity index (χ4n) is 1.27. The summed E-state index contributed by atoms with van der Waals surface area (Å²) in [5.41, 5.74) is 1.27. The Bertz CT molecular complexity index is 298. The van der Waals surface area contributed by atoms with Gasteiger partial charge >= 0.3 is 0 Å². The maximum absolute atomic E-state index is 3.42. The van der Waals surface area contributed by atoms with Crippen LogP contribution in [0.2, 0.25) is 0 Å². The van der Waals surface area contributed by atoms with E-state index in [1.807, 2.05) is 0 Å². The van der Waals surface area contributed by atoms with Crippen LogP contribution in [-0.2, 0) is 0 Å².